The molecule has 2 atom stereocenters. The van der Waals surface area contributed by atoms with Gasteiger partial charge in [-0.3, -0.25) is 9.69 Å². The summed E-state index contributed by atoms with van der Waals surface area (Å²) in [5, 5.41) is 2.05. The molecule has 5 rings (SSSR count). The van der Waals surface area contributed by atoms with Crippen LogP contribution in [-0.2, 0) is 21.2 Å². The van der Waals surface area contributed by atoms with Crippen molar-refractivity contribution in [3.05, 3.63) is 87.9 Å². The number of benzene rings is 2. The summed E-state index contributed by atoms with van der Waals surface area (Å²) in [7, 11) is -3.61. The summed E-state index contributed by atoms with van der Waals surface area (Å²) in [6.07, 6.45) is 0.853. The number of amides is 1. The van der Waals surface area contributed by atoms with Crippen molar-refractivity contribution >= 4 is 27.3 Å². The Bertz CT molecular complexity index is 1310. The van der Waals surface area contributed by atoms with E-state index in [1.165, 1.54) is 15.2 Å². The number of carbonyl (C=O) groups is 1. The summed E-state index contributed by atoms with van der Waals surface area (Å²) < 4.78 is 41.7. The van der Waals surface area contributed by atoms with E-state index in [1.54, 1.807) is 58.7 Å². The first-order chi connectivity index (χ1) is 16.8. The average molecular weight is 514 g/mol. The summed E-state index contributed by atoms with van der Waals surface area (Å²) in [4.78, 5) is 18.8. The van der Waals surface area contributed by atoms with Crippen molar-refractivity contribution in [3.63, 3.8) is 0 Å². The predicted molar refractivity (Wildman–Crippen MR) is 134 cm³/mol. The molecular formula is C26H28FN3O3S2. The van der Waals surface area contributed by atoms with Gasteiger partial charge in [0.2, 0.25) is 15.9 Å². The largest absolute Gasteiger partial charge is 0.339 e. The second-order valence-electron chi connectivity index (χ2n) is 9.09. The summed E-state index contributed by atoms with van der Waals surface area (Å²) in [6.45, 7) is 3.69. The first-order valence-corrected chi connectivity index (χ1v) is 14.1. The molecule has 1 saturated heterocycles. The van der Waals surface area contributed by atoms with E-state index in [1.807, 2.05) is 13.0 Å². The van der Waals surface area contributed by atoms with Gasteiger partial charge in [0.15, 0.2) is 0 Å². The lowest BCUT2D eigenvalue weighted by atomic mass is 9.93. The van der Waals surface area contributed by atoms with E-state index < -0.39 is 10.0 Å². The van der Waals surface area contributed by atoms with E-state index >= 15 is 0 Å². The van der Waals surface area contributed by atoms with Gasteiger partial charge >= 0.3 is 0 Å². The maximum Gasteiger partial charge on any atom is 0.243 e. The van der Waals surface area contributed by atoms with Crippen LogP contribution in [0, 0.1) is 5.82 Å². The Morgan fingerprint density at radius 1 is 1.06 bits per heavy atom. The molecule has 2 aliphatic heterocycles. The highest BCUT2D eigenvalue weighted by Gasteiger charge is 2.37. The highest BCUT2D eigenvalue weighted by molar-refractivity contribution is 7.89. The molecule has 2 aliphatic rings. The van der Waals surface area contributed by atoms with Crippen molar-refractivity contribution in [2.45, 2.75) is 30.3 Å². The summed E-state index contributed by atoms with van der Waals surface area (Å²) in [5.41, 5.74) is 1.97. The molecule has 6 nitrogen and oxygen atoms in total. The molecule has 3 aromatic rings. The van der Waals surface area contributed by atoms with E-state index in [-0.39, 0.29) is 41.8 Å². The fourth-order valence-electron chi connectivity index (χ4n) is 5.13. The molecule has 1 fully saturated rings. The van der Waals surface area contributed by atoms with E-state index in [0.717, 1.165) is 17.5 Å². The van der Waals surface area contributed by atoms with Crippen LogP contribution in [0.25, 0.3) is 0 Å². The zero-order valence-corrected chi connectivity index (χ0v) is 21.1. The van der Waals surface area contributed by atoms with Crippen molar-refractivity contribution in [1.29, 1.82) is 0 Å². The fourth-order valence-corrected chi connectivity index (χ4v) is 7.67. The standard InChI is InChI=1S/C26H28FN3O3S2/c1-19-17-28(13-14-30(19)35(32,33)22-8-3-2-4-9-22)25(31)18-29-12-10-24-23(11-15-34-24)26(29)20-6-5-7-21(27)16-20/h2-9,11,15-16,19,26H,10,12-14,17-18H2,1H3/t19-,26-/m1/s1. The Morgan fingerprint density at radius 3 is 2.60 bits per heavy atom. The zero-order chi connectivity index (χ0) is 24.6. The number of sulfonamides is 1. The van der Waals surface area contributed by atoms with Gasteiger partial charge in [0.05, 0.1) is 17.5 Å². The number of carbonyl (C=O) groups excluding carboxylic acids is 1. The van der Waals surface area contributed by atoms with E-state index in [2.05, 4.69) is 16.3 Å². The first kappa shape index (κ1) is 24.1. The highest BCUT2D eigenvalue weighted by Crippen LogP contribution is 2.38. The lowest BCUT2D eigenvalue weighted by Crippen LogP contribution is -2.57. The third-order valence-corrected chi connectivity index (χ3v) is 9.86. The second kappa shape index (κ2) is 9.81. The summed E-state index contributed by atoms with van der Waals surface area (Å²) in [5.74, 6) is -0.325. The van der Waals surface area contributed by atoms with Gasteiger partial charge in [0.1, 0.15) is 5.82 Å². The molecule has 3 heterocycles. The molecule has 0 unspecified atom stereocenters. The number of halogens is 1. The average Bonchev–Trinajstić information content (AvgIpc) is 3.33. The summed E-state index contributed by atoms with van der Waals surface area (Å²) in [6, 6.07) is 16.6. The number of nitrogens with zero attached hydrogens (tertiary/aromatic N) is 3. The van der Waals surface area contributed by atoms with Crippen molar-refractivity contribution in [2.24, 2.45) is 0 Å². The smallest absolute Gasteiger partial charge is 0.243 e. The number of fused-ring (bicyclic) bond motifs is 1. The van der Waals surface area contributed by atoms with Crippen LogP contribution in [0.3, 0.4) is 0 Å². The van der Waals surface area contributed by atoms with E-state index in [4.69, 9.17) is 0 Å². The molecule has 2 aromatic carbocycles. The topological polar surface area (TPSA) is 60.9 Å². The maximum absolute atomic E-state index is 14.1. The minimum absolute atomic E-state index is 0.0336. The Hall–Kier alpha value is -2.59. The predicted octanol–water partition coefficient (Wildman–Crippen LogP) is 3.76. The monoisotopic (exact) mass is 513 g/mol. The van der Waals surface area contributed by atoms with Gasteiger partial charge in [0, 0.05) is 37.1 Å². The molecule has 184 valence electrons. The third kappa shape index (κ3) is 4.78. The number of hydrogen-bond acceptors (Lipinski definition) is 5. The van der Waals surface area contributed by atoms with Crippen molar-refractivity contribution in [3.8, 4) is 0 Å². The van der Waals surface area contributed by atoms with E-state index in [0.29, 0.717) is 19.6 Å². The normalized spacial score (nSPS) is 21.6. The molecule has 9 heteroatoms. The van der Waals surface area contributed by atoms with Crippen LogP contribution in [0.5, 0.6) is 0 Å². The van der Waals surface area contributed by atoms with Crippen molar-refractivity contribution < 1.29 is 17.6 Å². The van der Waals surface area contributed by atoms with Gasteiger partial charge in [-0.05, 0) is 60.2 Å². The molecule has 0 spiro atoms. The first-order valence-electron chi connectivity index (χ1n) is 11.7. The van der Waals surface area contributed by atoms with Crippen LogP contribution in [0.2, 0.25) is 0 Å². The van der Waals surface area contributed by atoms with E-state index in [9.17, 15) is 17.6 Å². The Balaban J connectivity index is 1.31. The van der Waals surface area contributed by atoms with Crippen molar-refractivity contribution in [2.75, 3.05) is 32.7 Å². The van der Waals surface area contributed by atoms with Crippen LogP contribution in [0.1, 0.15) is 29.0 Å². The van der Waals surface area contributed by atoms with Gasteiger partial charge in [-0.1, -0.05) is 30.3 Å². The van der Waals surface area contributed by atoms with Gasteiger partial charge < -0.3 is 4.90 Å². The minimum Gasteiger partial charge on any atom is -0.339 e. The van der Waals surface area contributed by atoms with Gasteiger partial charge in [-0.2, -0.15) is 4.31 Å². The number of thiophene rings is 1. The molecule has 0 N–H and O–H groups in total. The molecule has 1 aromatic heterocycles. The maximum atomic E-state index is 14.1. The third-order valence-electron chi connectivity index (χ3n) is 6.84. The zero-order valence-electron chi connectivity index (χ0n) is 19.5. The van der Waals surface area contributed by atoms with Crippen LogP contribution in [0.4, 0.5) is 4.39 Å². The highest BCUT2D eigenvalue weighted by atomic mass is 32.2. The number of rotatable bonds is 5. The van der Waals surface area contributed by atoms with Gasteiger partial charge in [-0.15, -0.1) is 11.3 Å². The van der Waals surface area contributed by atoms with Crippen molar-refractivity contribution in [1.82, 2.24) is 14.1 Å². The minimum atomic E-state index is -3.61. The number of hydrogen-bond donors (Lipinski definition) is 0. The lowest BCUT2D eigenvalue weighted by Gasteiger charge is -2.41. The SMILES string of the molecule is C[C@@H]1CN(C(=O)CN2CCc3sccc3[C@H]2c2cccc(F)c2)CCN1S(=O)(=O)c1ccccc1. The molecule has 1 amide bonds. The van der Waals surface area contributed by atoms with Gasteiger partial charge in [0.25, 0.3) is 0 Å². The second-order valence-corrected chi connectivity index (χ2v) is 12.0. The fraction of sp³-hybridized carbons (Fsp3) is 0.346. The van der Waals surface area contributed by atoms with Crippen LogP contribution in [-0.4, -0.2) is 67.2 Å². The quantitative estimate of drug-likeness (QED) is 0.521. The lowest BCUT2D eigenvalue weighted by molar-refractivity contribution is -0.135. The molecule has 0 saturated carbocycles. The molecular weight excluding hydrogens is 485 g/mol. The Morgan fingerprint density at radius 2 is 1.86 bits per heavy atom. The molecule has 35 heavy (non-hydrogen) atoms. The molecule has 0 aliphatic carbocycles. The molecule has 0 radical (unpaired) electrons. The van der Waals surface area contributed by atoms with Crippen LogP contribution in [0.15, 0.2) is 70.9 Å². The van der Waals surface area contributed by atoms with Crippen LogP contribution >= 0.6 is 11.3 Å². The Kier molecular flexibility index (Phi) is 6.76. The van der Waals surface area contributed by atoms with Crippen LogP contribution < -0.4 is 0 Å². The number of piperazine rings is 1. The Labute approximate surface area is 209 Å². The van der Waals surface area contributed by atoms with Gasteiger partial charge in [-0.25, -0.2) is 12.8 Å². The molecule has 0 bridgehead atoms. The summed E-state index contributed by atoms with van der Waals surface area (Å²) >= 11 is 1.70.